The summed E-state index contributed by atoms with van der Waals surface area (Å²) in [5.74, 6) is 1.09. The van der Waals surface area contributed by atoms with Gasteiger partial charge >= 0.3 is 0 Å². The van der Waals surface area contributed by atoms with E-state index in [2.05, 4.69) is 20.0 Å². The molecule has 0 aliphatic heterocycles. The molecule has 1 atom stereocenters. The number of anilines is 2. The minimum atomic E-state index is -2.96. The fourth-order valence-electron chi connectivity index (χ4n) is 2.77. The number of rotatable bonds is 7. The molecule has 2 aromatic heterocycles. The predicted octanol–water partition coefficient (Wildman–Crippen LogP) is 3.70. The first-order chi connectivity index (χ1) is 13.0. The molecule has 1 unspecified atom stereocenters. The third-order valence-electron chi connectivity index (χ3n) is 4.55. The number of hydrogen-bond donors (Lipinski definition) is 3. The molecular formula is C19H21N5O2S. The summed E-state index contributed by atoms with van der Waals surface area (Å²) in [6, 6.07) is 10.8. The Hall–Kier alpha value is -2.71. The zero-order chi connectivity index (χ0) is 18.9. The highest BCUT2D eigenvalue weighted by Gasteiger charge is 2.23. The molecule has 3 aromatic rings. The summed E-state index contributed by atoms with van der Waals surface area (Å²) in [7, 11) is -1.39. The first-order valence-electron chi connectivity index (χ1n) is 8.74. The Morgan fingerprint density at radius 2 is 2.00 bits per heavy atom. The number of nitrogens with zero attached hydrogens (tertiary/aromatic N) is 2. The highest BCUT2D eigenvalue weighted by atomic mass is 32.2. The second-order valence-electron chi connectivity index (χ2n) is 6.60. The van der Waals surface area contributed by atoms with Gasteiger partial charge in [-0.2, -0.15) is 0 Å². The van der Waals surface area contributed by atoms with Crippen LogP contribution in [0.3, 0.4) is 0 Å². The quantitative estimate of drug-likeness (QED) is 0.578. The molecule has 4 rings (SSSR count). The number of pyridine rings is 2. The molecule has 0 spiro atoms. The first-order valence-corrected chi connectivity index (χ1v) is 10.3. The molecule has 0 radical (unpaired) electrons. The summed E-state index contributed by atoms with van der Waals surface area (Å²) < 4.78 is 28.7. The molecule has 8 heteroatoms. The molecule has 1 fully saturated rings. The van der Waals surface area contributed by atoms with Crippen LogP contribution in [0.4, 0.5) is 11.4 Å². The van der Waals surface area contributed by atoms with E-state index in [1.165, 1.54) is 0 Å². The maximum atomic E-state index is 12.5. The van der Waals surface area contributed by atoms with Gasteiger partial charge in [0.15, 0.2) is 0 Å². The van der Waals surface area contributed by atoms with Crippen molar-refractivity contribution in [3.63, 3.8) is 0 Å². The zero-order valence-electron chi connectivity index (χ0n) is 14.9. The minimum Gasteiger partial charge on any atom is -0.481 e. The minimum absolute atomic E-state index is 0.486. The molecule has 3 N–H and O–H groups in total. The summed E-state index contributed by atoms with van der Waals surface area (Å²) in [6.07, 6.45) is 5.76. The standard InChI is InChI=1S/C19H21N5O2S/c1-26-19-10-18-16(12-22-19)17(8-9-21-18)24-14-4-6-15(7-5-14)27(20,25)23-11-13-2-3-13/h4-10,12-13H,2-3,11H2,1H3,(H,21,24)(H2,20,23,25). The van der Waals surface area contributed by atoms with Gasteiger partial charge in [0.1, 0.15) is 9.92 Å². The van der Waals surface area contributed by atoms with Crippen molar-refractivity contribution in [3.05, 3.63) is 48.8 Å². The SMILES string of the molecule is COc1cc2nccc(Nc3ccc(S(=N)(=O)NCC4CC4)cc3)c2cn1. The third-order valence-corrected chi connectivity index (χ3v) is 6.06. The van der Waals surface area contributed by atoms with Crippen molar-refractivity contribution in [2.45, 2.75) is 17.7 Å². The van der Waals surface area contributed by atoms with Crippen LogP contribution in [0.25, 0.3) is 10.9 Å². The second-order valence-corrected chi connectivity index (χ2v) is 8.47. The Morgan fingerprint density at radius 3 is 2.70 bits per heavy atom. The zero-order valence-corrected chi connectivity index (χ0v) is 15.8. The molecule has 140 valence electrons. The fourth-order valence-corrected chi connectivity index (χ4v) is 3.93. The molecular weight excluding hydrogens is 362 g/mol. The smallest absolute Gasteiger partial charge is 0.215 e. The van der Waals surface area contributed by atoms with Gasteiger partial charge in [0.05, 0.1) is 23.2 Å². The van der Waals surface area contributed by atoms with Gasteiger partial charge in [-0.15, -0.1) is 0 Å². The van der Waals surface area contributed by atoms with Crippen LogP contribution in [0.1, 0.15) is 12.8 Å². The van der Waals surface area contributed by atoms with Gasteiger partial charge in [0.2, 0.25) is 5.88 Å². The van der Waals surface area contributed by atoms with E-state index in [1.807, 2.05) is 18.2 Å². The van der Waals surface area contributed by atoms with Crippen molar-refractivity contribution in [2.75, 3.05) is 19.0 Å². The van der Waals surface area contributed by atoms with E-state index in [-0.39, 0.29) is 0 Å². The van der Waals surface area contributed by atoms with E-state index in [0.29, 0.717) is 23.2 Å². The van der Waals surface area contributed by atoms with Crippen LogP contribution in [-0.2, 0) is 9.92 Å². The van der Waals surface area contributed by atoms with Crippen LogP contribution in [0, 0.1) is 10.7 Å². The summed E-state index contributed by atoms with van der Waals surface area (Å²) >= 11 is 0. The average molecular weight is 383 g/mol. The molecule has 7 nitrogen and oxygen atoms in total. The van der Waals surface area contributed by atoms with Crippen molar-refractivity contribution in [1.29, 1.82) is 4.78 Å². The van der Waals surface area contributed by atoms with Gasteiger partial charge < -0.3 is 10.1 Å². The van der Waals surface area contributed by atoms with E-state index in [4.69, 9.17) is 9.52 Å². The lowest BCUT2D eigenvalue weighted by atomic mass is 10.2. The number of nitrogens with one attached hydrogen (secondary N) is 3. The summed E-state index contributed by atoms with van der Waals surface area (Å²) in [5.41, 5.74) is 2.47. The maximum Gasteiger partial charge on any atom is 0.215 e. The lowest BCUT2D eigenvalue weighted by Gasteiger charge is -2.12. The summed E-state index contributed by atoms with van der Waals surface area (Å²) in [6.45, 7) is 0.641. The normalized spacial score (nSPS) is 16.0. The van der Waals surface area contributed by atoms with Crippen molar-refractivity contribution in [1.82, 2.24) is 14.7 Å². The van der Waals surface area contributed by atoms with Crippen LogP contribution < -0.4 is 14.8 Å². The van der Waals surface area contributed by atoms with Crippen LogP contribution in [0.15, 0.2) is 53.7 Å². The van der Waals surface area contributed by atoms with Gasteiger partial charge in [0, 0.05) is 36.1 Å². The molecule has 0 bridgehead atoms. The van der Waals surface area contributed by atoms with Gasteiger partial charge in [-0.05, 0) is 49.1 Å². The molecule has 0 amide bonds. The lowest BCUT2D eigenvalue weighted by molar-refractivity contribution is 0.398. The summed E-state index contributed by atoms with van der Waals surface area (Å²) in [5, 5.41) is 4.20. The molecule has 2 heterocycles. The number of methoxy groups -OCH3 is 1. The maximum absolute atomic E-state index is 12.5. The van der Waals surface area contributed by atoms with Gasteiger partial charge in [-0.3, -0.25) is 4.98 Å². The van der Waals surface area contributed by atoms with E-state index in [1.54, 1.807) is 37.7 Å². The average Bonchev–Trinajstić information content (AvgIpc) is 3.51. The van der Waals surface area contributed by atoms with Gasteiger partial charge in [-0.25, -0.2) is 18.7 Å². The molecule has 27 heavy (non-hydrogen) atoms. The van der Waals surface area contributed by atoms with Crippen molar-refractivity contribution in [2.24, 2.45) is 5.92 Å². The molecule has 1 aromatic carbocycles. The van der Waals surface area contributed by atoms with Crippen LogP contribution in [-0.4, -0.2) is 27.8 Å². The third kappa shape index (κ3) is 4.01. The predicted molar refractivity (Wildman–Crippen MR) is 106 cm³/mol. The second kappa shape index (κ2) is 7.13. The number of fused-ring (bicyclic) bond motifs is 1. The molecule has 1 aliphatic carbocycles. The van der Waals surface area contributed by atoms with E-state index < -0.39 is 9.92 Å². The Kier molecular flexibility index (Phi) is 4.67. The van der Waals surface area contributed by atoms with Crippen molar-refractivity contribution in [3.8, 4) is 5.88 Å². The first kappa shape index (κ1) is 17.7. The van der Waals surface area contributed by atoms with Gasteiger partial charge in [-0.1, -0.05) is 0 Å². The highest BCUT2D eigenvalue weighted by molar-refractivity contribution is 7.90. The highest BCUT2D eigenvalue weighted by Crippen LogP contribution is 2.29. The number of hydrogen-bond acceptors (Lipinski definition) is 6. The Balaban J connectivity index is 1.54. The number of benzene rings is 1. The largest absolute Gasteiger partial charge is 0.481 e. The molecule has 1 saturated carbocycles. The van der Waals surface area contributed by atoms with Crippen molar-refractivity contribution >= 4 is 32.2 Å². The van der Waals surface area contributed by atoms with E-state index in [9.17, 15) is 4.21 Å². The number of ether oxygens (including phenoxy) is 1. The fraction of sp³-hybridized carbons (Fsp3) is 0.263. The lowest BCUT2D eigenvalue weighted by Crippen LogP contribution is -2.24. The Labute approximate surface area is 158 Å². The van der Waals surface area contributed by atoms with Crippen LogP contribution in [0.2, 0.25) is 0 Å². The van der Waals surface area contributed by atoms with Gasteiger partial charge in [0.25, 0.3) is 0 Å². The van der Waals surface area contributed by atoms with Crippen molar-refractivity contribution < 1.29 is 8.95 Å². The number of aromatic nitrogens is 2. The molecule has 1 aliphatic rings. The Morgan fingerprint density at radius 1 is 1.22 bits per heavy atom. The topological polar surface area (TPSA) is 100.0 Å². The van der Waals surface area contributed by atoms with E-state index >= 15 is 0 Å². The van der Waals surface area contributed by atoms with Crippen LogP contribution in [0.5, 0.6) is 5.88 Å². The molecule has 0 saturated heterocycles. The monoisotopic (exact) mass is 383 g/mol. The summed E-state index contributed by atoms with van der Waals surface area (Å²) in [4.78, 5) is 9.07. The Bertz CT molecular complexity index is 1060. The van der Waals surface area contributed by atoms with E-state index in [0.717, 1.165) is 35.1 Å². The van der Waals surface area contributed by atoms with Crippen LogP contribution >= 0.6 is 0 Å².